The van der Waals surface area contributed by atoms with E-state index in [2.05, 4.69) is 26.1 Å². The number of para-hydroxylation sites is 2. The molecule has 0 N–H and O–H groups in total. The maximum absolute atomic E-state index is 12.8. The zero-order valence-corrected chi connectivity index (χ0v) is 16.4. The van der Waals surface area contributed by atoms with E-state index in [0.29, 0.717) is 18.8 Å². The number of piperazine rings is 1. The molecule has 4 rings (SSSR count). The highest BCUT2D eigenvalue weighted by Gasteiger charge is 2.25. The summed E-state index contributed by atoms with van der Waals surface area (Å²) in [6.45, 7) is 4.90. The van der Waals surface area contributed by atoms with Crippen LogP contribution in [0.5, 0.6) is 5.75 Å². The molecule has 3 heterocycles. The summed E-state index contributed by atoms with van der Waals surface area (Å²) < 4.78 is 5.46. The fourth-order valence-corrected chi connectivity index (χ4v) is 3.93. The minimum absolute atomic E-state index is 0.0441. The zero-order chi connectivity index (χ0) is 19.3. The quantitative estimate of drug-likeness (QED) is 0.811. The van der Waals surface area contributed by atoms with E-state index in [1.165, 1.54) is 19.3 Å². The van der Waals surface area contributed by atoms with Gasteiger partial charge in [0.05, 0.1) is 12.8 Å². The van der Waals surface area contributed by atoms with Crippen LogP contribution in [0.4, 0.5) is 11.5 Å². The molecular formula is C21H27N5O2. The van der Waals surface area contributed by atoms with Gasteiger partial charge in [0, 0.05) is 39.3 Å². The van der Waals surface area contributed by atoms with Gasteiger partial charge in [0.1, 0.15) is 5.75 Å². The summed E-state index contributed by atoms with van der Waals surface area (Å²) in [5.41, 5.74) is 1.49. The lowest BCUT2D eigenvalue weighted by atomic mass is 10.1. The smallest absolute Gasteiger partial charge is 0.274 e. The van der Waals surface area contributed by atoms with Crippen LogP contribution in [0.15, 0.2) is 36.4 Å². The number of piperidine rings is 1. The molecule has 2 fully saturated rings. The third kappa shape index (κ3) is 3.88. The van der Waals surface area contributed by atoms with Crippen LogP contribution < -0.4 is 14.5 Å². The molecule has 1 amide bonds. The molecule has 0 unspecified atom stereocenters. The number of rotatable bonds is 4. The number of ether oxygens (including phenoxy) is 1. The molecule has 1 aromatic heterocycles. The molecule has 0 bridgehead atoms. The number of hydrogen-bond donors (Lipinski definition) is 0. The summed E-state index contributed by atoms with van der Waals surface area (Å²) in [4.78, 5) is 19.2. The second-order valence-corrected chi connectivity index (χ2v) is 7.28. The highest BCUT2D eigenvalue weighted by molar-refractivity contribution is 5.92. The Kier molecular flexibility index (Phi) is 5.60. The van der Waals surface area contributed by atoms with Gasteiger partial charge in [-0.25, -0.2) is 0 Å². The van der Waals surface area contributed by atoms with E-state index < -0.39 is 0 Å². The first kappa shape index (κ1) is 18.5. The monoisotopic (exact) mass is 381 g/mol. The number of amides is 1. The SMILES string of the molecule is COc1ccccc1N1CCN(C(=O)c2ccc(N3CCCCC3)nn2)CC1. The molecule has 0 radical (unpaired) electrons. The van der Waals surface area contributed by atoms with E-state index >= 15 is 0 Å². The number of carbonyl (C=O) groups is 1. The molecular weight excluding hydrogens is 354 g/mol. The molecule has 2 aliphatic rings. The highest BCUT2D eigenvalue weighted by atomic mass is 16.5. The van der Waals surface area contributed by atoms with E-state index in [1.54, 1.807) is 7.11 Å². The van der Waals surface area contributed by atoms with Crippen molar-refractivity contribution in [1.82, 2.24) is 15.1 Å². The second-order valence-electron chi connectivity index (χ2n) is 7.28. The molecule has 2 aromatic rings. The average molecular weight is 381 g/mol. The van der Waals surface area contributed by atoms with Gasteiger partial charge in [-0.2, -0.15) is 0 Å². The van der Waals surface area contributed by atoms with Crippen molar-refractivity contribution in [3.8, 4) is 5.75 Å². The Balaban J connectivity index is 1.37. The second kappa shape index (κ2) is 8.46. The van der Waals surface area contributed by atoms with Crippen LogP contribution in [0.1, 0.15) is 29.8 Å². The van der Waals surface area contributed by atoms with Crippen molar-refractivity contribution >= 4 is 17.4 Å². The molecule has 0 atom stereocenters. The largest absolute Gasteiger partial charge is 0.495 e. The maximum atomic E-state index is 12.8. The van der Waals surface area contributed by atoms with Crippen molar-refractivity contribution in [2.75, 3.05) is 56.2 Å². The van der Waals surface area contributed by atoms with Gasteiger partial charge in [-0.05, 0) is 43.5 Å². The summed E-state index contributed by atoms with van der Waals surface area (Å²) >= 11 is 0. The number of aromatic nitrogens is 2. The van der Waals surface area contributed by atoms with Crippen molar-refractivity contribution in [3.05, 3.63) is 42.1 Å². The summed E-state index contributed by atoms with van der Waals surface area (Å²) in [5, 5.41) is 8.52. The van der Waals surface area contributed by atoms with E-state index in [4.69, 9.17) is 4.74 Å². The van der Waals surface area contributed by atoms with Crippen LogP contribution in [0, 0.1) is 0 Å². The number of carbonyl (C=O) groups excluding carboxylic acids is 1. The summed E-state index contributed by atoms with van der Waals surface area (Å²) in [5.74, 6) is 1.69. The normalized spacial score (nSPS) is 17.5. The van der Waals surface area contributed by atoms with Crippen molar-refractivity contribution < 1.29 is 9.53 Å². The van der Waals surface area contributed by atoms with Gasteiger partial charge >= 0.3 is 0 Å². The van der Waals surface area contributed by atoms with Crippen molar-refractivity contribution in [2.24, 2.45) is 0 Å². The predicted molar refractivity (Wildman–Crippen MR) is 109 cm³/mol. The lowest BCUT2D eigenvalue weighted by molar-refractivity contribution is 0.0739. The predicted octanol–water partition coefficient (Wildman–Crippen LogP) is 2.44. The third-order valence-electron chi connectivity index (χ3n) is 5.54. The van der Waals surface area contributed by atoms with Gasteiger partial charge in [-0.3, -0.25) is 4.79 Å². The van der Waals surface area contributed by atoms with Crippen LogP contribution >= 0.6 is 0 Å². The Morgan fingerprint density at radius 1 is 0.857 bits per heavy atom. The number of benzene rings is 1. The maximum Gasteiger partial charge on any atom is 0.274 e. The topological polar surface area (TPSA) is 61.8 Å². The first-order chi connectivity index (χ1) is 13.8. The molecule has 7 heteroatoms. The van der Waals surface area contributed by atoms with Gasteiger partial charge in [0.2, 0.25) is 0 Å². The van der Waals surface area contributed by atoms with Gasteiger partial charge in [0.25, 0.3) is 5.91 Å². The molecule has 2 saturated heterocycles. The summed E-state index contributed by atoms with van der Waals surface area (Å²) in [6.07, 6.45) is 3.67. The van der Waals surface area contributed by atoms with Gasteiger partial charge < -0.3 is 19.4 Å². The molecule has 28 heavy (non-hydrogen) atoms. The third-order valence-corrected chi connectivity index (χ3v) is 5.54. The van der Waals surface area contributed by atoms with Crippen molar-refractivity contribution in [1.29, 1.82) is 0 Å². The fourth-order valence-electron chi connectivity index (χ4n) is 3.93. The number of anilines is 2. The summed E-state index contributed by atoms with van der Waals surface area (Å²) in [7, 11) is 1.69. The number of methoxy groups -OCH3 is 1. The van der Waals surface area contributed by atoms with Crippen molar-refractivity contribution in [3.63, 3.8) is 0 Å². The average Bonchev–Trinajstić information content (AvgIpc) is 2.79. The van der Waals surface area contributed by atoms with Crippen LogP contribution in [0.2, 0.25) is 0 Å². The van der Waals surface area contributed by atoms with Gasteiger partial charge in [0.15, 0.2) is 11.5 Å². The van der Waals surface area contributed by atoms with Gasteiger partial charge in [-0.1, -0.05) is 12.1 Å². The molecule has 148 valence electrons. The van der Waals surface area contributed by atoms with E-state index in [-0.39, 0.29) is 5.91 Å². The minimum atomic E-state index is -0.0441. The first-order valence-corrected chi connectivity index (χ1v) is 10.0. The summed E-state index contributed by atoms with van der Waals surface area (Å²) in [6, 6.07) is 11.7. The van der Waals surface area contributed by atoms with Crippen LogP contribution in [0.25, 0.3) is 0 Å². The number of hydrogen-bond acceptors (Lipinski definition) is 6. The molecule has 2 aliphatic heterocycles. The molecule has 0 spiro atoms. The molecule has 7 nitrogen and oxygen atoms in total. The Morgan fingerprint density at radius 3 is 2.29 bits per heavy atom. The van der Waals surface area contributed by atoms with Crippen LogP contribution in [-0.2, 0) is 0 Å². The van der Waals surface area contributed by atoms with Crippen LogP contribution in [0.3, 0.4) is 0 Å². The standard InChI is InChI=1S/C21H27N5O2/c1-28-19-8-4-3-7-18(19)24-13-15-26(16-14-24)21(27)17-9-10-20(23-22-17)25-11-5-2-6-12-25/h3-4,7-10H,2,5-6,11-16H2,1H3. The molecule has 0 aliphatic carbocycles. The van der Waals surface area contributed by atoms with E-state index in [0.717, 1.165) is 43.4 Å². The Morgan fingerprint density at radius 2 is 1.61 bits per heavy atom. The van der Waals surface area contributed by atoms with E-state index in [1.807, 2.05) is 35.2 Å². The lowest BCUT2D eigenvalue weighted by Gasteiger charge is -2.36. The Labute approximate surface area is 165 Å². The highest BCUT2D eigenvalue weighted by Crippen LogP contribution is 2.28. The molecule has 0 saturated carbocycles. The Bertz CT molecular complexity index is 797. The van der Waals surface area contributed by atoms with Crippen molar-refractivity contribution in [2.45, 2.75) is 19.3 Å². The molecule has 1 aromatic carbocycles. The van der Waals surface area contributed by atoms with Gasteiger partial charge in [-0.15, -0.1) is 10.2 Å². The minimum Gasteiger partial charge on any atom is -0.495 e. The zero-order valence-electron chi connectivity index (χ0n) is 16.4. The Hall–Kier alpha value is -2.83. The number of nitrogens with zero attached hydrogens (tertiary/aromatic N) is 5. The lowest BCUT2D eigenvalue weighted by Crippen LogP contribution is -2.49. The fraction of sp³-hybridized carbons (Fsp3) is 0.476. The van der Waals surface area contributed by atoms with Crippen LogP contribution in [-0.4, -0.2) is 67.4 Å². The first-order valence-electron chi connectivity index (χ1n) is 10.0. The van der Waals surface area contributed by atoms with E-state index in [9.17, 15) is 4.79 Å².